The first-order valence-corrected chi connectivity index (χ1v) is 9.46. The lowest BCUT2D eigenvalue weighted by Gasteiger charge is -2.35. The Kier molecular flexibility index (Phi) is 5.32. The number of nitrogens with zero attached hydrogens (tertiary/aromatic N) is 4. The highest BCUT2D eigenvalue weighted by atomic mass is 16.5. The van der Waals surface area contributed by atoms with Gasteiger partial charge in [0.05, 0.1) is 6.54 Å². The topological polar surface area (TPSA) is 50.6 Å². The Labute approximate surface area is 154 Å². The fourth-order valence-electron chi connectivity index (χ4n) is 3.72. The van der Waals surface area contributed by atoms with Gasteiger partial charge < -0.3 is 14.2 Å². The maximum atomic E-state index is 12.4. The molecule has 1 unspecified atom stereocenters. The van der Waals surface area contributed by atoms with Crippen LogP contribution in [0.5, 0.6) is 0 Å². The van der Waals surface area contributed by atoms with E-state index in [9.17, 15) is 4.79 Å². The van der Waals surface area contributed by atoms with Gasteiger partial charge in [-0.1, -0.05) is 30.3 Å². The Morgan fingerprint density at radius 1 is 1.12 bits per heavy atom. The zero-order valence-electron chi connectivity index (χ0n) is 15.1. The van der Waals surface area contributed by atoms with Gasteiger partial charge in [0.1, 0.15) is 11.9 Å². The predicted octanol–water partition coefficient (Wildman–Crippen LogP) is 1.75. The molecule has 1 atom stereocenters. The van der Waals surface area contributed by atoms with Crippen LogP contribution in [0.4, 0.5) is 0 Å². The Morgan fingerprint density at radius 2 is 1.92 bits per heavy atom. The number of hydrogen-bond donors (Lipinski definition) is 0. The van der Waals surface area contributed by atoms with Crippen molar-refractivity contribution in [2.45, 2.75) is 32.0 Å². The van der Waals surface area contributed by atoms with Crippen LogP contribution in [0, 0.1) is 0 Å². The molecule has 0 bridgehead atoms. The number of ether oxygens (including phenoxy) is 1. The third kappa shape index (κ3) is 3.97. The van der Waals surface area contributed by atoms with Crippen molar-refractivity contribution < 1.29 is 9.53 Å². The largest absolute Gasteiger partial charge is 0.368 e. The van der Waals surface area contributed by atoms with E-state index in [2.05, 4.69) is 38.7 Å². The molecule has 0 saturated carbocycles. The van der Waals surface area contributed by atoms with Gasteiger partial charge in [0.25, 0.3) is 5.91 Å². The maximum absolute atomic E-state index is 12.4. The normalized spacial score (nSPS) is 21.2. The lowest BCUT2D eigenvalue weighted by Crippen LogP contribution is -2.51. The van der Waals surface area contributed by atoms with Crippen LogP contribution in [0.3, 0.4) is 0 Å². The van der Waals surface area contributed by atoms with Crippen molar-refractivity contribution in [3.05, 3.63) is 54.1 Å². The van der Waals surface area contributed by atoms with E-state index in [0.717, 1.165) is 64.5 Å². The quantitative estimate of drug-likeness (QED) is 0.821. The molecule has 0 aliphatic carbocycles. The van der Waals surface area contributed by atoms with Gasteiger partial charge >= 0.3 is 0 Å². The predicted molar refractivity (Wildman–Crippen MR) is 98.6 cm³/mol. The monoisotopic (exact) mass is 354 g/mol. The lowest BCUT2D eigenvalue weighted by atomic mass is 10.2. The second-order valence-corrected chi connectivity index (χ2v) is 7.06. The summed E-state index contributed by atoms with van der Waals surface area (Å²) < 4.78 is 7.74. The highest BCUT2D eigenvalue weighted by Crippen LogP contribution is 2.17. The van der Waals surface area contributed by atoms with Crippen molar-refractivity contribution in [3.8, 4) is 0 Å². The average molecular weight is 354 g/mol. The van der Waals surface area contributed by atoms with Gasteiger partial charge in [-0.05, 0) is 18.4 Å². The average Bonchev–Trinajstić information content (AvgIpc) is 3.35. The van der Waals surface area contributed by atoms with Gasteiger partial charge in [-0.25, -0.2) is 4.98 Å². The van der Waals surface area contributed by atoms with Crippen molar-refractivity contribution in [2.24, 2.45) is 0 Å². The highest BCUT2D eigenvalue weighted by Gasteiger charge is 2.30. The van der Waals surface area contributed by atoms with Crippen molar-refractivity contribution in [1.82, 2.24) is 19.4 Å². The summed E-state index contributed by atoms with van der Waals surface area (Å²) in [5.74, 6) is 1.25. The minimum Gasteiger partial charge on any atom is -0.368 e. The van der Waals surface area contributed by atoms with Crippen LogP contribution >= 0.6 is 0 Å². The van der Waals surface area contributed by atoms with Gasteiger partial charge in [-0.2, -0.15) is 0 Å². The smallest absolute Gasteiger partial charge is 0.251 e. The van der Waals surface area contributed by atoms with E-state index in [-0.39, 0.29) is 12.0 Å². The number of carbonyl (C=O) groups excluding carboxylic acids is 1. The Hall–Kier alpha value is -2.18. The summed E-state index contributed by atoms with van der Waals surface area (Å²) >= 11 is 0. The van der Waals surface area contributed by atoms with Crippen molar-refractivity contribution >= 4 is 5.91 Å². The van der Waals surface area contributed by atoms with Crippen LogP contribution in [0.25, 0.3) is 0 Å². The molecule has 2 aromatic rings. The zero-order chi connectivity index (χ0) is 17.8. The number of rotatable bonds is 5. The van der Waals surface area contributed by atoms with E-state index < -0.39 is 0 Å². The summed E-state index contributed by atoms with van der Waals surface area (Å²) in [6.45, 7) is 5.71. The first kappa shape index (κ1) is 17.2. The van der Waals surface area contributed by atoms with E-state index in [4.69, 9.17) is 4.74 Å². The summed E-state index contributed by atoms with van der Waals surface area (Å²) in [5.41, 5.74) is 1.28. The number of hydrogen-bond acceptors (Lipinski definition) is 4. The second-order valence-electron chi connectivity index (χ2n) is 7.06. The summed E-state index contributed by atoms with van der Waals surface area (Å²) in [5, 5.41) is 0. The van der Waals surface area contributed by atoms with E-state index in [0.29, 0.717) is 0 Å². The van der Waals surface area contributed by atoms with Crippen LogP contribution in [0.2, 0.25) is 0 Å². The number of piperazine rings is 1. The van der Waals surface area contributed by atoms with Crippen LogP contribution in [-0.2, 0) is 22.6 Å². The first-order chi connectivity index (χ1) is 12.8. The van der Waals surface area contributed by atoms with Crippen molar-refractivity contribution in [3.63, 3.8) is 0 Å². The van der Waals surface area contributed by atoms with Gasteiger partial charge in [0, 0.05) is 51.7 Å². The van der Waals surface area contributed by atoms with Crippen LogP contribution in [0.15, 0.2) is 42.7 Å². The molecule has 2 aliphatic heterocycles. The molecule has 1 aromatic carbocycles. The van der Waals surface area contributed by atoms with Crippen LogP contribution in [0.1, 0.15) is 24.2 Å². The molecular weight excluding hydrogens is 328 g/mol. The Bertz CT molecular complexity index is 716. The van der Waals surface area contributed by atoms with Gasteiger partial charge in [0.2, 0.25) is 0 Å². The van der Waals surface area contributed by atoms with E-state index in [1.54, 1.807) is 0 Å². The molecule has 0 radical (unpaired) electrons. The van der Waals surface area contributed by atoms with Gasteiger partial charge in [-0.15, -0.1) is 0 Å². The summed E-state index contributed by atoms with van der Waals surface area (Å²) in [7, 11) is 0. The number of benzene rings is 1. The zero-order valence-corrected chi connectivity index (χ0v) is 15.1. The fourth-order valence-corrected chi connectivity index (χ4v) is 3.72. The Balaban J connectivity index is 1.31. The molecule has 26 heavy (non-hydrogen) atoms. The van der Waals surface area contributed by atoms with E-state index >= 15 is 0 Å². The molecule has 6 heteroatoms. The third-order valence-electron chi connectivity index (χ3n) is 5.25. The summed E-state index contributed by atoms with van der Waals surface area (Å²) in [6.07, 6.45) is 5.58. The molecule has 2 aliphatic rings. The second kappa shape index (κ2) is 8.01. The molecule has 2 saturated heterocycles. The molecule has 0 spiro atoms. The molecule has 1 aromatic heterocycles. The number of amides is 1. The standard InChI is InChI=1S/C20H26N4O2/c25-20(18-7-4-14-26-18)23-12-10-22(11-13-23)16-19-21-8-9-24(19)15-17-5-2-1-3-6-17/h1-3,5-6,8-9,18H,4,7,10-16H2. The Morgan fingerprint density at radius 3 is 2.65 bits per heavy atom. The van der Waals surface area contributed by atoms with Gasteiger partial charge in [-0.3, -0.25) is 9.69 Å². The fraction of sp³-hybridized carbons (Fsp3) is 0.500. The number of carbonyl (C=O) groups is 1. The van der Waals surface area contributed by atoms with E-state index in [1.807, 2.05) is 23.4 Å². The number of aromatic nitrogens is 2. The molecule has 0 N–H and O–H groups in total. The van der Waals surface area contributed by atoms with Crippen molar-refractivity contribution in [1.29, 1.82) is 0 Å². The molecule has 1 amide bonds. The molecular formula is C20H26N4O2. The molecule has 6 nitrogen and oxygen atoms in total. The maximum Gasteiger partial charge on any atom is 0.251 e. The SMILES string of the molecule is O=C(C1CCCO1)N1CCN(Cc2nccn2Cc2ccccc2)CC1. The minimum atomic E-state index is -0.202. The minimum absolute atomic E-state index is 0.174. The molecule has 2 fully saturated rings. The summed E-state index contributed by atoms with van der Waals surface area (Å²) in [6, 6.07) is 10.4. The van der Waals surface area contributed by atoms with E-state index in [1.165, 1.54) is 5.56 Å². The molecule has 3 heterocycles. The summed E-state index contributed by atoms with van der Waals surface area (Å²) in [4.78, 5) is 21.3. The van der Waals surface area contributed by atoms with Crippen LogP contribution in [-0.4, -0.2) is 64.1 Å². The first-order valence-electron chi connectivity index (χ1n) is 9.46. The van der Waals surface area contributed by atoms with Crippen molar-refractivity contribution in [2.75, 3.05) is 32.8 Å². The highest BCUT2D eigenvalue weighted by molar-refractivity contribution is 5.81. The molecule has 138 valence electrons. The molecule has 4 rings (SSSR count). The number of imidazole rings is 1. The lowest BCUT2D eigenvalue weighted by molar-refractivity contribution is -0.142. The van der Waals surface area contributed by atoms with Gasteiger partial charge in [0.15, 0.2) is 0 Å². The third-order valence-corrected chi connectivity index (χ3v) is 5.25. The van der Waals surface area contributed by atoms with Crippen LogP contribution < -0.4 is 0 Å².